The van der Waals surface area contributed by atoms with Gasteiger partial charge in [0.05, 0.1) is 17.4 Å². The Labute approximate surface area is 192 Å². The molecular formula is C25H34N2O4S. The van der Waals surface area contributed by atoms with Crippen LogP contribution < -0.4 is 10.1 Å². The third-order valence-electron chi connectivity index (χ3n) is 5.77. The summed E-state index contributed by atoms with van der Waals surface area (Å²) in [5, 5.41) is 3.00. The summed E-state index contributed by atoms with van der Waals surface area (Å²) in [6.07, 6.45) is 3.97. The molecule has 0 saturated carbocycles. The van der Waals surface area contributed by atoms with Crippen LogP contribution in [0, 0.1) is 12.8 Å². The van der Waals surface area contributed by atoms with E-state index in [2.05, 4.69) is 18.3 Å². The first-order chi connectivity index (χ1) is 15.4. The fourth-order valence-electron chi connectivity index (χ4n) is 3.93. The van der Waals surface area contributed by atoms with Crippen molar-refractivity contribution in [1.29, 1.82) is 0 Å². The minimum absolute atomic E-state index is 0.0654. The lowest BCUT2D eigenvalue weighted by atomic mass is 9.99. The van der Waals surface area contributed by atoms with Crippen LogP contribution >= 0.6 is 0 Å². The molecule has 1 saturated heterocycles. The number of carbonyl (C=O) groups is 1. The minimum atomic E-state index is -3.58. The molecule has 32 heavy (non-hydrogen) atoms. The van der Waals surface area contributed by atoms with Crippen molar-refractivity contribution in [1.82, 2.24) is 9.62 Å². The topological polar surface area (TPSA) is 75.7 Å². The quantitative estimate of drug-likeness (QED) is 0.548. The van der Waals surface area contributed by atoms with Crippen LogP contribution in [0.1, 0.15) is 43.7 Å². The Kier molecular flexibility index (Phi) is 8.70. The summed E-state index contributed by atoms with van der Waals surface area (Å²) in [5.41, 5.74) is 2.16. The maximum atomic E-state index is 13.0. The Morgan fingerprint density at radius 1 is 1.16 bits per heavy atom. The molecule has 1 atom stereocenters. The molecule has 1 heterocycles. The number of carbonyl (C=O) groups excluding carboxylic acids is 1. The van der Waals surface area contributed by atoms with Gasteiger partial charge in [0.2, 0.25) is 15.9 Å². The Morgan fingerprint density at radius 3 is 2.66 bits per heavy atom. The van der Waals surface area contributed by atoms with Crippen molar-refractivity contribution >= 4 is 15.9 Å². The van der Waals surface area contributed by atoms with E-state index in [1.54, 1.807) is 24.3 Å². The molecule has 0 radical (unpaired) electrons. The number of rotatable bonds is 10. The van der Waals surface area contributed by atoms with E-state index in [1.165, 1.54) is 4.31 Å². The van der Waals surface area contributed by atoms with Gasteiger partial charge in [0.1, 0.15) is 5.75 Å². The molecule has 2 aromatic carbocycles. The maximum absolute atomic E-state index is 13.0. The first kappa shape index (κ1) is 24.3. The lowest BCUT2D eigenvalue weighted by molar-refractivity contribution is -0.126. The fraction of sp³-hybridized carbons (Fsp3) is 0.480. The van der Waals surface area contributed by atoms with Crippen molar-refractivity contribution in [3.8, 4) is 5.75 Å². The van der Waals surface area contributed by atoms with E-state index < -0.39 is 10.0 Å². The van der Waals surface area contributed by atoms with E-state index in [1.807, 2.05) is 25.1 Å². The van der Waals surface area contributed by atoms with Crippen LogP contribution in [0.4, 0.5) is 0 Å². The molecule has 174 valence electrons. The third-order valence-corrected chi connectivity index (χ3v) is 7.65. The second kappa shape index (κ2) is 11.5. The van der Waals surface area contributed by atoms with Gasteiger partial charge in [-0.15, -0.1) is 0 Å². The highest BCUT2D eigenvalue weighted by Gasteiger charge is 2.33. The number of hydrogen-bond donors (Lipinski definition) is 1. The molecule has 1 aliphatic heterocycles. The van der Waals surface area contributed by atoms with Crippen LogP contribution in [0.3, 0.4) is 0 Å². The number of piperidine rings is 1. The average Bonchev–Trinajstić information content (AvgIpc) is 2.81. The van der Waals surface area contributed by atoms with E-state index in [0.717, 1.165) is 36.1 Å². The van der Waals surface area contributed by atoms with Gasteiger partial charge in [-0.25, -0.2) is 8.42 Å². The third kappa shape index (κ3) is 6.33. The number of hydrogen-bond acceptors (Lipinski definition) is 4. The minimum Gasteiger partial charge on any atom is -0.493 e. The zero-order valence-electron chi connectivity index (χ0n) is 19.0. The van der Waals surface area contributed by atoms with Crippen LogP contribution in [0.15, 0.2) is 53.4 Å². The molecule has 1 amide bonds. The summed E-state index contributed by atoms with van der Waals surface area (Å²) in [6.45, 7) is 5.94. The van der Waals surface area contributed by atoms with Crippen LogP contribution in [-0.2, 0) is 21.2 Å². The molecule has 1 N–H and O–H groups in total. The van der Waals surface area contributed by atoms with Gasteiger partial charge in [-0.1, -0.05) is 42.8 Å². The largest absolute Gasteiger partial charge is 0.493 e. The summed E-state index contributed by atoms with van der Waals surface area (Å²) in [6, 6.07) is 14.9. The van der Waals surface area contributed by atoms with Crippen LogP contribution in [-0.4, -0.2) is 44.9 Å². The second-order valence-corrected chi connectivity index (χ2v) is 10.3. The van der Waals surface area contributed by atoms with Crippen molar-refractivity contribution in [2.45, 2.75) is 50.8 Å². The normalized spacial score (nSPS) is 17.1. The molecule has 7 heteroatoms. The summed E-state index contributed by atoms with van der Waals surface area (Å²) >= 11 is 0. The molecule has 0 unspecified atom stereocenters. The van der Waals surface area contributed by atoms with Crippen molar-refractivity contribution < 1.29 is 17.9 Å². The van der Waals surface area contributed by atoms with Gasteiger partial charge < -0.3 is 10.1 Å². The Balaban J connectivity index is 1.50. The maximum Gasteiger partial charge on any atom is 0.243 e. The summed E-state index contributed by atoms with van der Waals surface area (Å²) in [5.74, 6) is 0.526. The molecule has 3 rings (SSSR count). The molecule has 6 nitrogen and oxygen atoms in total. The molecule has 0 aliphatic carbocycles. The standard InChI is InChI=1S/C25H34N2O4S/c1-3-18-31-24-11-5-4-8-21(24)9-6-16-26-25(28)22-10-7-17-27(19-22)32(29,30)23-14-12-20(2)13-15-23/h4-5,8,11-15,22H,3,6-7,9-10,16-19H2,1-2H3,(H,26,28)/t22-/m1/s1. The Morgan fingerprint density at radius 2 is 1.91 bits per heavy atom. The molecule has 0 aromatic heterocycles. The van der Waals surface area contributed by atoms with Crippen LogP contribution in [0.25, 0.3) is 0 Å². The number of benzene rings is 2. The number of aryl methyl sites for hydroxylation is 2. The highest BCUT2D eigenvalue weighted by atomic mass is 32.2. The van der Waals surface area contributed by atoms with Gasteiger partial charge in [-0.2, -0.15) is 4.31 Å². The van der Waals surface area contributed by atoms with Gasteiger partial charge in [0.15, 0.2) is 0 Å². The van der Waals surface area contributed by atoms with Gasteiger partial charge in [-0.3, -0.25) is 4.79 Å². The van der Waals surface area contributed by atoms with E-state index in [0.29, 0.717) is 32.5 Å². The summed E-state index contributed by atoms with van der Waals surface area (Å²) in [4.78, 5) is 13.0. The number of para-hydroxylation sites is 1. The van der Waals surface area contributed by atoms with Gasteiger partial charge in [-0.05, 0) is 62.8 Å². The highest BCUT2D eigenvalue weighted by molar-refractivity contribution is 7.89. The molecule has 0 spiro atoms. The van der Waals surface area contributed by atoms with Gasteiger partial charge in [0, 0.05) is 19.6 Å². The first-order valence-electron chi connectivity index (χ1n) is 11.5. The smallest absolute Gasteiger partial charge is 0.243 e. The Bertz CT molecular complexity index is 989. The highest BCUT2D eigenvalue weighted by Crippen LogP contribution is 2.24. The van der Waals surface area contributed by atoms with Crippen LogP contribution in [0.2, 0.25) is 0 Å². The molecule has 0 bridgehead atoms. The number of amides is 1. The van der Waals surface area contributed by atoms with Crippen molar-refractivity contribution in [2.24, 2.45) is 5.92 Å². The predicted molar refractivity (Wildman–Crippen MR) is 126 cm³/mol. The van der Waals surface area contributed by atoms with E-state index in [-0.39, 0.29) is 23.3 Å². The summed E-state index contributed by atoms with van der Waals surface area (Å²) < 4.78 is 33.2. The Hall–Kier alpha value is -2.38. The molecular weight excluding hydrogens is 424 g/mol. The SMILES string of the molecule is CCCOc1ccccc1CCCNC(=O)[C@@H]1CCCN(S(=O)(=O)c2ccc(C)cc2)C1. The van der Waals surface area contributed by atoms with Crippen molar-refractivity contribution in [3.63, 3.8) is 0 Å². The number of ether oxygens (including phenoxy) is 1. The average molecular weight is 459 g/mol. The number of sulfonamides is 1. The van der Waals surface area contributed by atoms with E-state index in [9.17, 15) is 13.2 Å². The van der Waals surface area contributed by atoms with Gasteiger partial charge >= 0.3 is 0 Å². The van der Waals surface area contributed by atoms with Gasteiger partial charge in [0.25, 0.3) is 0 Å². The zero-order valence-corrected chi connectivity index (χ0v) is 19.9. The molecule has 1 fully saturated rings. The zero-order chi connectivity index (χ0) is 23.0. The molecule has 2 aromatic rings. The fourth-order valence-corrected chi connectivity index (χ4v) is 5.46. The predicted octanol–water partition coefficient (Wildman–Crippen LogP) is 3.93. The van der Waals surface area contributed by atoms with E-state index in [4.69, 9.17) is 4.74 Å². The number of nitrogens with one attached hydrogen (secondary N) is 1. The second-order valence-electron chi connectivity index (χ2n) is 8.37. The lowest BCUT2D eigenvalue weighted by Gasteiger charge is -2.31. The first-order valence-corrected chi connectivity index (χ1v) is 12.9. The summed E-state index contributed by atoms with van der Waals surface area (Å²) in [7, 11) is -3.58. The van der Waals surface area contributed by atoms with Crippen molar-refractivity contribution in [3.05, 3.63) is 59.7 Å². The van der Waals surface area contributed by atoms with E-state index >= 15 is 0 Å². The monoisotopic (exact) mass is 458 g/mol. The number of nitrogens with zero attached hydrogens (tertiary/aromatic N) is 1. The molecule has 1 aliphatic rings. The lowest BCUT2D eigenvalue weighted by Crippen LogP contribution is -2.45. The van der Waals surface area contributed by atoms with Crippen molar-refractivity contribution in [2.75, 3.05) is 26.2 Å². The van der Waals surface area contributed by atoms with Crippen LogP contribution in [0.5, 0.6) is 5.75 Å².